The molecule has 0 atom stereocenters. The van der Waals surface area contributed by atoms with Crippen molar-refractivity contribution in [3.05, 3.63) is 95.6 Å². The average molecular weight is 489 g/mol. The summed E-state index contributed by atoms with van der Waals surface area (Å²) in [6, 6.07) is 18.9. The highest BCUT2D eigenvalue weighted by Gasteiger charge is 2.20. The van der Waals surface area contributed by atoms with Crippen LogP contribution in [0.25, 0.3) is 0 Å². The van der Waals surface area contributed by atoms with Crippen molar-refractivity contribution < 1.29 is 26.7 Å². The molecule has 0 aliphatic heterocycles. The molecule has 34 heavy (non-hydrogen) atoms. The Labute approximate surface area is 198 Å². The SMILES string of the molecule is CS(=O)(=O)N(CCCC(=O)NCc1ccc(OCc2ccc(F)cc2)cc1)c1ccccc1F. The second-order valence-corrected chi connectivity index (χ2v) is 9.63. The van der Waals surface area contributed by atoms with E-state index in [2.05, 4.69) is 5.32 Å². The smallest absolute Gasteiger partial charge is 0.232 e. The van der Waals surface area contributed by atoms with Crippen LogP contribution in [0.4, 0.5) is 14.5 Å². The highest BCUT2D eigenvalue weighted by Crippen LogP contribution is 2.22. The number of rotatable bonds is 11. The van der Waals surface area contributed by atoms with Gasteiger partial charge in [0.25, 0.3) is 0 Å². The van der Waals surface area contributed by atoms with Crippen LogP contribution in [0.1, 0.15) is 24.0 Å². The molecule has 0 heterocycles. The number of sulfonamides is 1. The van der Waals surface area contributed by atoms with Gasteiger partial charge in [0.05, 0.1) is 11.9 Å². The number of anilines is 1. The number of para-hydroxylation sites is 1. The van der Waals surface area contributed by atoms with Crippen LogP contribution in [0.5, 0.6) is 5.75 Å². The molecule has 0 saturated carbocycles. The quantitative estimate of drug-likeness (QED) is 0.434. The molecule has 0 fully saturated rings. The Morgan fingerprint density at radius 2 is 1.59 bits per heavy atom. The van der Waals surface area contributed by atoms with Crippen LogP contribution in [0.2, 0.25) is 0 Å². The summed E-state index contributed by atoms with van der Waals surface area (Å²) in [4.78, 5) is 12.2. The molecule has 3 rings (SSSR count). The minimum atomic E-state index is -3.69. The highest BCUT2D eigenvalue weighted by molar-refractivity contribution is 7.92. The Balaban J connectivity index is 1.43. The number of halogens is 2. The Hall–Kier alpha value is -3.46. The summed E-state index contributed by atoms with van der Waals surface area (Å²) in [6.45, 7) is 0.612. The van der Waals surface area contributed by atoms with Gasteiger partial charge in [0.15, 0.2) is 0 Å². The summed E-state index contributed by atoms with van der Waals surface area (Å²) in [5, 5.41) is 2.79. The van der Waals surface area contributed by atoms with Crippen molar-refractivity contribution in [1.82, 2.24) is 5.32 Å². The van der Waals surface area contributed by atoms with E-state index >= 15 is 0 Å². The first-order chi connectivity index (χ1) is 16.2. The fraction of sp³-hybridized carbons (Fsp3) is 0.240. The summed E-state index contributed by atoms with van der Waals surface area (Å²) in [6.07, 6.45) is 1.34. The summed E-state index contributed by atoms with van der Waals surface area (Å²) in [7, 11) is -3.69. The van der Waals surface area contributed by atoms with Crippen LogP contribution >= 0.6 is 0 Å². The third-order valence-electron chi connectivity index (χ3n) is 5.02. The van der Waals surface area contributed by atoms with Crippen molar-refractivity contribution in [2.45, 2.75) is 26.0 Å². The van der Waals surface area contributed by atoms with Crippen LogP contribution < -0.4 is 14.4 Å². The van der Waals surface area contributed by atoms with Gasteiger partial charge >= 0.3 is 0 Å². The summed E-state index contributed by atoms with van der Waals surface area (Å²) >= 11 is 0. The zero-order valence-corrected chi connectivity index (χ0v) is 19.5. The molecule has 0 spiro atoms. The average Bonchev–Trinajstić information content (AvgIpc) is 2.81. The van der Waals surface area contributed by atoms with E-state index in [9.17, 15) is 22.0 Å². The third-order valence-corrected chi connectivity index (χ3v) is 6.20. The first-order valence-corrected chi connectivity index (χ1v) is 12.5. The number of nitrogens with zero attached hydrogens (tertiary/aromatic N) is 1. The molecule has 0 aromatic heterocycles. The zero-order valence-electron chi connectivity index (χ0n) is 18.7. The van der Waals surface area contributed by atoms with E-state index in [-0.39, 0.29) is 36.8 Å². The van der Waals surface area contributed by atoms with Crippen LogP contribution in [0.15, 0.2) is 72.8 Å². The molecule has 9 heteroatoms. The number of ether oxygens (including phenoxy) is 1. The topological polar surface area (TPSA) is 75.7 Å². The van der Waals surface area contributed by atoms with Gasteiger partial charge in [-0.3, -0.25) is 9.10 Å². The molecule has 1 N–H and O–H groups in total. The van der Waals surface area contributed by atoms with E-state index in [0.29, 0.717) is 18.9 Å². The predicted octanol–water partition coefficient (Wildman–Crippen LogP) is 4.41. The van der Waals surface area contributed by atoms with Crippen LogP contribution in [0, 0.1) is 11.6 Å². The minimum Gasteiger partial charge on any atom is -0.489 e. The molecule has 6 nitrogen and oxygen atoms in total. The first kappa shape index (κ1) is 25.2. The van der Waals surface area contributed by atoms with Crippen molar-refractivity contribution in [1.29, 1.82) is 0 Å². The van der Waals surface area contributed by atoms with Crippen LogP contribution in [-0.4, -0.2) is 27.1 Å². The second kappa shape index (κ2) is 11.6. The number of hydrogen-bond acceptors (Lipinski definition) is 4. The van der Waals surface area contributed by atoms with Gasteiger partial charge in [-0.05, 0) is 53.9 Å². The van der Waals surface area contributed by atoms with E-state index in [1.807, 2.05) is 12.1 Å². The molecule has 0 aliphatic carbocycles. The van der Waals surface area contributed by atoms with E-state index < -0.39 is 15.8 Å². The van der Waals surface area contributed by atoms with Gasteiger partial charge in [-0.2, -0.15) is 0 Å². The molecule has 0 aliphatic rings. The number of nitrogens with one attached hydrogen (secondary N) is 1. The maximum Gasteiger partial charge on any atom is 0.232 e. The molecule has 3 aromatic carbocycles. The van der Waals surface area contributed by atoms with Crippen LogP contribution in [0.3, 0.4) is 0 Å². The van der Waals surface area contributed by atoms with Crippen molar-refractivity contribution >= 4 is 21.6 Å². The Morgan fingerprint density at radius 1 is 0.941 bits per heavy atom. The lowest BCUT2D eigenvalue weighted by molar-refractivity contribution is -0.121. The number of amides is 1. The van der Waals surface area contributed by atoms with E-state index in [1.54, 1.807) is 30.3 Å². The van der Waals surface area contributed by atoms with Gasteiger partial charge in [0, 0.05) is 19.5 Å². The molecular formula is C25H26F2N2O4S. The van der Waals surface area contributed by atoms with Crippen molar-refractivity contribution in [2.75, 3.05) is 17.1 Å². The normalized spacial score (nSPS) is 11.1. The van der Waals surface area contributed by atoms with Gasteiger partial charge in [0.1, 0.15) is 24.0 Å². The van der Waals surface area contributed by atoms with Crippen molar-refractivity contribution in [3.8, 4) is 5.75 Å². The Bertz CT molecular complexity index is 1200. The lowest BCUT2D eigenvalue weighted by Gasteiger charge is -2.22. The lowest BCUT2D eigenvalue weighted by atomic mass is 10.2. The summed E-state index contributed by atoms with van der Waals surface area (Å²) in [5.74, 6) is -0.525. The molecule has 0 bridgehead atoms. The summed E-state index contributed by atoms with van der Waals surface area (Å²) < 4.78 is 57.8. The van der Waals surface area contributed by atoms with Gasteiger partial charge in [-0.15, -0.1) is 0 Å². The Kier molecular flexibility index (Phi) is 8.59. The first-order valence-electron chi connectivity index (χ1n) is 10.7. The zero-order chi connectivity index (χ0) is 24.6. The maximum absolute atomic E-state index is 14.0. The molecular weight excluding hydrogens is 462 g/mol. The Morgan fingerprint density at radius 3 is 2.24 bits per heavy atom. The number of hydrogen-bond donors (Lipinski definition) is 1. The van der Waals surface area contributed by atoms with Gasteiger partial charge in [-0.1, -0.05) is 36.4 Å². The number of carbonyl (C=O) groups is 1. The predicted molar refractivity (Wildman–Crippen MR) is 127 cm³/mol. The molecule has 0 radical (unpaired) electrons. The lowest BCUT2D eigenvalue weighted by Crippen LogP contribution is -2.32. The largest absolute Gasteiger partial charge is 0.489 e. The summed E-state index contributed by atoms with van der Waals surface area (Å²) in [5.41, 5.74) is 1.68. The number of carbonyl (C=O) groups excluding carboxylic acids is 1. The maximum atomic E-state index is 14.0. The number of benzene rings is 3. The van der Waals surface area contributed by atoms with Crippen molar-refractivity contribution in [3.63, 3.8) is 0 Å². The van der Waals surface area contributed by atoms with Crippen molar-refractivity contribution in [2.24, 2.45) is 0 Å². The monoisotopic (exact) mass is 488 g/mol. The molecule has 0 unspecified atom stereocenters. The van der Waals surface area contributed by atoms with E-state index in [4.69, 9.17) is 4.74 Å². The minimum absolute atomic E-state index is 0.00667. The fourth-order valence-corrected chi connectivity index (χ4v) is 4.21. The third kappa shape index (κ3) is 7.55. The molecule has 3 aromatic rings. The standard InChI is InChI=1S/C25H26F2N2O4S/c1-34(31,32)29(24-6-3-2-5-23(24)27)16-4-7-25(30)28-17-19-10-14-22(15-11-19)33-18-20-8-12-21(26)13-9-20/h2-3,5-6,8-15H,4,7,16-18H2,1H3,(H,28,30). The molecule has 180 valence electrons. The fourth-order valence-electron chi connectivity index (χ4n) is 3.24. The molecule has 1 amide bonds. The van der Waals surface area contributed by atoms with Crippen LogP contribution in [-0.2, 0) is 28.0 Å². The second-order valence-electron chi connectivity index (χ2n) is 7.73. The van der Waals surface area contributed by atoms with Gasteiger partial charge in [0.2, 0.25) is 15.9 Å². The van der Waals surface area contributed by atoms with Gasteiger partial charge in [-0.25, -0.2) is 17.2 Å². The van der Waals surface area contributed by atoms with E-state index in [1.165, 1.54) is 30.3 Å². The molecule has 0 saturated heterocycles. The highest BCUT2D eigenvalue weighted by atomic mass is 32.2. The van der Waals surface area contributed by atoms with Gasteiger partial charge < -0.3 is 10.1 Å². The van der Waals surface area contributed by atoms with E-state index in [0.717, 1.165) is 21.7 Å².